The number of rotatable bonds is 3. The summed E-state index contributed by atoms with van der Waals surface area (Å²) in [6.07, 6.45) is 4.29. The van der Waals surface area contributed by atoms with Crippen LogP contribution >= 0.6 is 0 Å². The third kappa shape index (κ3) is 2.80. The smallest absolute Gasteiger partial charge is 0.241 e. The number of halogens is 1. The SMILES string of the molecule is C[C@@H]1c2cc(F)ccc2CCN1Cc1nc(-c2ccncc2)no1. The van der Waals surface area contributed by atoms with Crippen molar-refractivity contribution in [3.8, 4) is 11.4 Å². The molecule has 122 valence electrons. The average molecular weight is 324 g/mol. The van der Waals surface area contributed by atoms with Crippen LogP contribution in [0.1, 0.15) is 30.0 Å². The lowest BCUT2D eigenvalue weighted by Crippen LogP contribution is -2.33. The Hall–Kier alpha value is -2.60. The second kappa shape index (κ2) is 6.13. The van der Waals surface area contributed by atoms with Crippen LogP contribution in [0.4, 0.5) is 4.39 Å². The highest BCUT2D eigenvalue weighted by molar-refractivity contribution is 5.52. The predicted octanol–water partition coefficient (Wildman–Crippen LogP) is 3.39. The molecule has 0 bridgehead atoms. The lowest BCUT2D eigenvalue weighted by Gasteiger charge is -2.34. The summed E-state index contributed by atoms with van der Waals surface area (Å²) in [5.74, 6) is 0.928. The van der Waals surface area contributed by atoms with Gasteiger partial charge in [0, 0.05) is 30.5 Å². The van der Waals surface area contributed by atoms with Gasteiger partial charge in [0.25, 0.3) is 0 Å². The zero-order chi connectivity index (χ0) is 16.5. The minimum absolute atomic E-state index is 0.112. The fourth-order valence-electron chi connectivity index (χ4n) is 3.16. The maximum Gasteiger partial charge on any atom is 0.241 e. The molecule has 1 aliphatic rings. The quantitative estimate of drug-likeness (QED) is 0.739. The van der Waals surface area contributed by atoms with Gasteiger partial charge in [0.2, 0.25) is 11.7 Å². The molecule has 0 radical (unpaired) electrons. The Morgan fingerprint density at radius 2 is 2.08 bits per heavy atom. The zero-order valence-electron chi connectivity index (χ0n) is 13.3. The average Bonchev–Trinajstić information content (AvgIpc) is 3.07. The largest absolute Gasteiger partial charge is 0.338 e. The van der Waals surface area contributed by atoms with Crippen LogP contribution in [0.25, 0.3) is 11.4 Å². The molecule has 1 aliphatic heterocycles. The summed E-state index contributed by atoms with van der Waals surface area (Å²) in [6, 6.07) is 8.84. The van der Waals surface area contributed by atoms with Gasteiger partial charge in [-0.25, -0.2) is 4.39 Å². The van der Waals surface area contributed by atoms with Gasteiger partial charge in [-0.3, -0.25) is 9.88 Å². The molecule has 3 aromatic rings. The van der Waals surface area contributed by atoms with Crippen LogP contribution in [0.2, 0.25) is 0 Å². The van der Waals surface area contributed by atoms with Crippen molar-refractivity contribution in [1.82, 2.24) is 20.0 Å². The summed E-state index contributed by atoms with van der Waals surface area (Å²) in [5, 5.41) is 4.03. The molecule has 24 heavy (non-hydrogen) atoms. The van der Waals surface area contributed by atoms with E-state index in [1.54, 1.807) is 18.5 Å². The second-order valence-electron chi connectivity index (χ2n) is 5.99. The fourth-order valence-corrected chi connectivity index (χ4v) is 3.16. The molecule has 0 fully saturated rings. The molecule has 6 heteroatoms. The summed E-state index contributed by atoms with van der Waals surface area (Å²) in [7, 11) is 0. The molecule has 3 heterocycles. The van der Waals surface area contributed by atoms with Crippen LogP contribution in [0.5, 0.6) is 0 Å². The lowest BCUT2D eigenvalue weighted by atomic mass is 9.93. The van der Waals surface area contributed by atoms with Crippen molar-refractivity contribution >= 4 is 0 Å². The van der Waals surface area contributed by atoms with E-state index in [-0.39, 0.29) is 11.9 Å². The van der Waals surface area contributed by atoms with E-state index in [0.29, 0.717) is 18.3 Å². The maximum absolute atomic E-state index is 13.5. The standard InChI is InChI=1S/C18H17FN4O/c1-12-16-10-15(19)3-2-13(16)6-9-23(12)11-17-21-18(22-24-17)14-4-7-20-8-5-14/h2-5,7-8,10,12H,6,9,11H2,1H3/t12-/m1/s1. The molecular weight excluding hydrogens is 307 g/mol. The molecule has 0 N–H and O–H groups in total. The van der Waals surface area contributed by atoms with Crippen LogP contribution in [0, 0.1) is 5.82 Å². The Labute approximate surface area is 139 Å². The molecular formula is C18H17FN4O. The van der Waals surface area contributed by atoms with Crippen molar-refractivity contribution < 1.29 is 8.91 Å². The van der Waals surface area contributed by atoms with Crippen molar-refractivity contribution in [2.45, 2.75) is 25.9 Å². The molecule has 0 saturated carbocycles. The van der Waals surface area contributed by atoms with Crippen LogP contribution in [0.15, 0.2) is 47.2 Å². The van der Waals surface area contributed by atoms with Gasteiger partial charge in [-0.15, -0.1) is 0 Å². The molecule has 0 aliphatic carbocycles. The van der Waals surface area contributed by atoms with Gasteiger partial charge in [0.1, 0.15) is 5.82 Å². The summed E-state index contributed by atoms with van der Waals surface area (Å²) >= 11 is 0. The summed E-state index contributed by atoms with van der Waals surface area (Å²) < 4.78 is 18.9. The second-order valence-corrected chi connectivity index (χ2v) is 5.99. The van der Waals surface area contributed by atoms with Crippen molar-refractivity contribution in [2.75, 3.05) is 6.54 Å². The zero-order valence-corrected chi connectivity index (χ0v) is 13.3. The predicted molar refractivity (Wildman–Crippen MR) is 86.5 cm³/mol. The van der Waals surface area contributed by atoms with Gasteiger partial charge < -0.3 is 4.52 Å². The first-order valence-electron chi connectivity index (χ1n) is 7.96. The van der Waals surface area contributed by atoms with Crippen molar-refractivity contribution in [2.24, 2.45) is 0 Å². The molecule has 5 nitrogen and oxygen atoms in total. The molecule has 1 aromatic carbocycles. The van der Waals surface area contributed by atoms with E-state index in [1.165, 1.54) is 11.6 Å². The number of hydrogen-bond donors (Lipinski definition) is 0. The Morgan fingerprint density at radius 3 is 2.92 bits per heavy atom. The van der Waals surface area contributed by atoms with Crippen LogP contribution < -0.4 is 0 Å². The normalized spacial score (nSPS) is 17.7. The van der Waals surface area contributed by atoms with Gasteiger partial charge in [-0.1, -0.05) is 11.2 Å². The minimum Gasteiger partial charge on any atom is -0.338 e. The first-order chi connectivity index (χ1) is 11.7. The summed E-state index contributed by atoms with van der Waals surface area (Å²) in [6.45, 7) is 3.51. The number of benzene rings is 1. The highest BCUT2D eigenvalue weighted by Gasteiger charge is 2.25. The lowest BCUT2D eigenvalue weighted by molar-refractivity contribution is 0.165. The fraction of sp³-hybridized carbons (Fsp3) is 0.278. The summed E-state index contributed by atoms with van der Waals surface area (Å²) in [5.41, 5.74) is 3.12. The highest BCUT2D eigenvalue weighted by atomic mass is 19.1. The van der Waals surface area contributed by atoms with Gasteiger partial charge >= 0.3 is 0 Å². The first kappa shape index (κ1) is 15.0. The van der Waals surface area contributed by atoms with E-state index in [4.69, 9.17) is 4.52 Å². The number of fused-ring (bicyclic) bond motifs is 1. The van der Waals surface area contributed by atoms with Gasteiger partial charge in [-0.05, 0) is 48.7 Å². The highest BCUT2D eigenvalue weighted by Crippen LogP contribution is 2.31. The number of hydrogen-bond acceptors (Lipinski definition) is 5. The number of nitrogens with zero attached hydrogens (tertiary/aromatic N) is 4. The monoisotopic (exact) mass is 324 g/mol. The van der Waals surface area contributed by atoms with E-state index in [9.17, 15) is 4.39 Å². The van der Waals surface area contributed by atoms with Crippen LogP contribution in [0.3, 0.4) is 0 Å². The Kier molecular flexibility index (Phi) is 3.82. The topological polar surface area (TPSA) is 55.1 Å². The third-order valence-electron chi connectivity index (χ3n) is 4.52. The van der Waals surface area contributed by atoms with E-state index in [0.717, 1.165) is 24.1 Å². The number of pyridine rings is 1. The van der Waals surface area contributed by atoms with Crippen LogP contribution in [-0.2, 0) is 13.0 Å². The Bertz CT molecular complexity index is 849. The molecule has 0 unspecified atom stereocenters. The molecule has 0 saturated heterocycles. The van der Waals surface area contributed by atoms with Gasteiger partial charge in [0.15, 0.2) is 0 Å². The van der Waals surface area contributed by atoms with Crippen molar-refractivity contribution in [1.29, 1.82) is 0 Å². The Morgan fingerprint density at radius 1 is 1.25 bits per heavy atom. The van der Waals surface area contributed by atoms with E-state index >= 15 is 0 Å². The third-order valence-corrected chi connectivity index (χ3v) is 4.52. The maximum atomic E-state index is 13.5. The summed E-state index contributed by atoms with van der Waals surface area (Å²) in [4.78, 5) is 10.7. The molecule has 4 rings (SSSR count). The first-order valence-corrected chi connectivity index (χ1v) is 7.96. The number of aromatic nitrogens is 3. The van der Waals surface area contributed by atoms with E-state index in [2.05, 4.69) is 26.9 Å². The van der Waals surface area contributed by atoms with Gasteiger partial charge in [-0.2, -0.15) is 4.98 Å². The molecule has 0 spiro atoms. The minimum atomic E-state index is -0.194. The van der Waals surface area contributed by atoms with Crippen molar-refractivity contribution in [3.63, 3.8) is 0 Å². The van der Waals surface area contributed by atoms with Gasteiger partial charge in [0.05, 0.1) is 6.54 Å². The van der Waals surface area contributed by atoms with E-state index in [1.807, 2.05) is 18.2 Å². The van der Waals surface area contributed by atoms with Crippen molar-refractivity contribution in [3.05, 3.63) is 65.6 Å². The molecule has 0 amide bonds. The molecule has 2 aromatic heterocycles. The van der Waals surface area contributed by atoms with Crippen LogP contribution in [-0.4, -0.2) is 26.6 Å². The van der Waals surface area contributed by atoms with E-state index < -0.39 is 0 Å². The Balaban J connectivity index is 1.53. The molecule has 1 atom stereocenters.